The third kappa shape index (κ3) is 3.60. The number of aromatic nitrogens is 2. The molecule has 1 saturated carbocycles. The van der Waals surface area contributed by atoms with Crippen molar-refractivity contribution in [1.29, 1.82) is 0 Å². The van der Waals surface area contributed by atoms with Gasteiger partial charge in [-0.05, 0) is 37.8 Å². The number of amides is 2. The molecule has 0 spiro atoms. The summed E-state index contributed by atoms with van der Waals surface area (Å²) in [6.07, 6.45) is 6.88. The van der Waals surface area contributed by atoms with Gasteiger partial charge in [-0.25, -0.2) is 4.68 Å². The van der Waals surface area contributed by atoms with Crippen LogP contribution >= 0.6 is 11.6 Å². The molecule has 0 atom stereocenters. The lowest BCUT2D eigenvalue weighted by molar-refractivity contribution is -0.133. The molecule has 2 heterocycles. The predicted octanol–water partition coefficient (Wildman–Crippen LogP) is 2.66. The maximum Gasteiger partial charge on any atom is 0.254 e. The number of piperidine rings is 1. The minimum absolute atomic E-state index is 0.0921. The molecule has 6 nitrogen and oxygen atoms in total. The Bertz CT molecular complexity index is 822. The van der Waals surface area contributed by atoms with Crippen molar-refractivity contribution in [2.45, 2.75) is 31.7 Å². The van der Waals surface area contributed by atoms with E-state index in [1.807, 2.05) is 23.1 Å². The number of hydrogen-bond acceptors (Lipinski definition) is 3. The van der Waals surface area contributed by atoms with Gasteiger partial charge in [-0.2, -0.15) is 5.10 Å². The van der Waals surface area contributed by atoms with E-state index >= 15 is 0 Å². The van der Waals surface area contributed by atoms with Crippen molar-refractivity contribution >= 4 is 23.4 Å². The molecule has 0 radical (unpaired) electrons. The average Bonchev–Trinajstić information content (AvgIpc) is 3.39. The van der Waals surface area contributed by atoms with Gasteiger partial charge >= 0.3 is 0 Å². The van der Waals surface area contributed by atoms with E-state index < -0.39 is 0 Å². The van der Waals surface area contributed by atoms with E-state index in [0.29, 0.717) is 10.6 Å². The van der Waals surface area contributed by atoms with Gasteiger partial charge in [-0.1, -0.05) is 23.7 Å². The Hall–Kier alpha value is -2.34. The van der Waals surface area contributed by atoms with Gasteiger partial charge in [0.1, 0.15) is 0 Å². The highest BCUT2D eigenvalue weighted by atomic mass is 35.5. The molecule has 1 aromatic carbocycles. The zero-order chi connectivity index (χ0) is 18.1. The number of carbonyl (C=O) groups excluding carboxylic acids is 2. The van der Waals surface area contributed by atoms with Crippen LogP contribution in [0, 0.1) is 5.92 Å². The van der Waals surface area contributed by atoms with E-state index in [9.17, 15) is 9.59 Å². The minimum Gasteiger partial charge on any atom is -0.349 e. The Morgan fingerprint density at radius 1 is 1.12 bits per heavy atom. The van der Waals surface area contributed by atoms with Crippen LogP contribution in [-0.2, 0) is 4.79 Å². The van der Waals surface area contributed by atoms with Crippen LogP contribution in [-0.4, -0.2) is 45.6 Å². The average molecular weight is 373 g/mol. The van der Waals surface area contributed by atoms with Crippen LogP contribution < -0.4 is 5.32 Å². The largest absolute Gasteiger partial charge is 0.349 e. The lowest BCUT2D eigenvalue weighted by Gasteiger charge is -2.32. The number of benzene rings is 1. The van der Waals surface area contributed by atoms with Crippen LogP contribution in [0.4, 0.5) is 0 Å². The molecule has 0 unspecified atom stereocenters. The number of carbonyl (C=O) groups is 2. The van der Waals surface area contributed by atoms with Crippen LogP contribution in [0.15, 0.2) is 36.7 Å². The number of hydrogen-bond donors (Lipinski definition) is 1. The zero-order valence-corrected chi connectivity index (χ0v) is 15.2. The number of para-hydroxylation sites is 1. The Morgan fingerprint density at radius 2 is 1.85 bits per heavy atom. The van der Waals surface area contributed by atoms with E-state index in [-0.39, 0.29) is 23.8 Å². The van der Waals surface area contributed by atoms with Gasteiger partial charge in [0, 0.05) is 31.2 Å². The molecule has 26 heavy (non-hydrogen) atoms. The van der Waals surface area contributed by atoms with Crippen molar-refractivity contribution in [2.24, 2.45) is 5.92 Å². The SMILES string of the molecule is O=C(NC1CCN(C(=O)C2CC2)CC1)c1cnn(-c2ccccc2Cl)c1. The highest BCUT2D eigenvalue weighted by Crippen LogP contribution is 2.31. The topological polar surface area (TPSA) is 67.2 Å². The normalized spacial score (nSPS) is 18.0. The van der Waals surface area contributed by atoms with Crippen molar-refractivity contribution in [3.05, 3.63) is 47.2 Å². The molecule has 1 aromatic heterocycles. The van der Waals surface area contributed by atoms with Gasteiger partial charge in [-0.3, -0.25) is 9.59 Å². The fourth-order valence-corrected chi connectivity index (χ4v) is 3.53. The predicted molar refractivity (Wildman–Crippen MR) is 98.4 cm³/mol. The van der Waals surface area contributed by atoms with E-state index in [0.717, 1.165) is 44.5 Å². The van der Waals surface area contributed by atoms with E-state index in [4.69, 9.17) is 11.6 Å². The highest BCUT2D eigenvalue weighted by molar-refractivity contribution is 6.32. The van der Waals surface area contributed by atoms with Gasteiger partial charge < -0.3 is 10.2 Å². The lowest BCUT2D eigenvalue weighted by Crippen LogP contribution is -2.46. The first kappa shape index (κ1) is 17.1. The summed E-state index contributed by atoms with van der Waals surface area (Å²) in [5.74, 6) is 0.405. The van der Waals surface area contributed by atoms with Crippen molar-refractivity contribution < 1.29 is 9.59 Å². The Labute approximate surface area is 157 Å². The maximum absolute atomic E-state index is 12.5. The molecule has 136 valence electrons. The quantitative estimate of drug-likeness (QED) is 0.897. The molecule has 2 fully saturated rings. The molecular weight excluding hydrogens is 352 g/mol. The molecule has 1 aliphatic heterocycles. The molecule has 1 N–H and O–H groups in total. The number of nitrogens with zero attached hydrogens (tertiary/aromatic N) is 3. The summed E-state index contributed by atoms with van der Waals surface area (Å²) in [4.78, 5) is 26.5. The molecule has 7 heteroatoms. The number of nitrogens with one attached hydrogen (secondary N) is 1. The maximum atomic E-state index is 12.5. The minimum atomic E-state index is -0.143. The number of halogens is 1. The Kier molecular flexibility index (Phi) is 4.68. The number of rotatable bonds is 4. The fraction of sp³-hybridized carbons (Fsp3) is 0.421. The molecule has 4 rings (SSSR count). The first-order chi connectivity index (χ1) is 12.6. The molecule has 1 saturated heterocycles. The number of likely N-dealkylation sites (tertiary alicyclic amines) is 1. The standard InChI is InChI=1S/C19H21ClN4O2/c20-16-3-1-2-4-17(16)24-12-14(11-21-24)18(25)22-15-7-9-23(10-8-15)19(26)13-5-6-13/h1-4,11-13,15H,5-10H2,(H,22,25). The molecule has 2 aromatic rings. The third-order valence-electron chi connectivity index (χ3n) is 5.01. The first-order valence-electron chi connectivity index (χ1n) is 9.01. The van der Waals surface area contributed by atoms with Crippen LogP contribution in [0.3, 0.4) is 0 Å². The van der Waals surface area contributed by atoms with E-state index in [1.165, 1.54) is 0 Å². The summed E-state index contributed by atoms with van der Waals surface area (Å²) in [6.45, 7) is 1.44. The summed E-state index contributed by atoms with van der Waals surface area (Å²) in [5.41, 5.74) is 1.24. The second-order valence-corrected chi connectivity index (χ2v) is 7.38. The van der Waals surface area contributed by atoms with Crippen LogP contribution in [0.2, 0.25) is 5.02 Å². The van der Waals surface area contributed by atoms with Crippen LogP contribution in [0.25, 0.3) is 5.69 Å². The summed E-state index contributed by atoms with van der Waals surface area (Å²) in [6, 6.07) is 7.45. The van der Waals surface area contributed by atoms with Crippen LogP contribution in [0.1, 0.15) is 36.0 Å². The second kappa shape index (κ2) is 7.11. The van der Waals surface area contributed by atoms with Gasteiger partial charge in [0.05, 0.1) is 22.5 Å². The fourth-order valence-electron chi connectivity index (χ4n) is 3.31. The monoisotopic (exact) mass is 372 g/mol. The summed E-state index contributed by atoms with van der Waals surface area (Å²) < 4.78 is 1.61. The Balaban J connectivity index is 1.34. The summed E-state index contributed by atoms with van der Waals surface area (Å²) in [5, 5.41) is 7.88. The van der Waals surface area contributed by atoms with E-state index in [2.05, 4.69) is 10.4 Å². The molecule has 2 aliphatic rings. The van der Waals surface area contributed by atoms with Gasteiger partial charge in [0.2, 0.25) is 5.91 Å². The highest BCUT2D eigenvalue weighted by Gasteiger charge is 2.35. The van der Waals surface area contributed by atoms with Crippen molar-refractivity contribution in [2.75, 3.05) is 13.1 Å². The van der Waals surface area contributed by atoms with Crippen LogP contribution in [0.5, 0.6) is 0 Å². The molecular formula is C19H21ClN4O2. The molecule has 0 bridgehead atoms. The zero-order valence-electron chi connectivity index (χ0n) is 14.4. The second-order valence-electron chi connectivity index (χ2n) is 6.97. The van der Waals surface area contributed by atoms with Gasteiger partial charge in [0.25, 0.3) is 5.91 Å². The summed E-state index contributed by atoms with van der Waals surface area (Å²) >= 11 is 6.18. The first-order valence-corrected chi connectivity index (χ1v) is 9.39. The van der Waals surface area contributed by atoms with Gasteiger partial charge in [0.15, 0.2) is 0 Å². The van der Waals surface area contributed by atoms with Crippen molar-refractivity contribution in [3.8, 4) is 5.69 Å². The Morgan fingerprint density at radius 3 is 2.54 bits per heavy atom. The lowest BCUT2D eigenvalue weighted by atomic mass is 10.0. The van der Waals surface area contributed by atoms with Crippen molar-refractivity contribution in [1.82, 2.24) is 20.0 Å². The molecule has 1 aliphatic carbocycles. The molecule has 2 amide bonds. The van der Waals surface area contributed by atoms with Crippen molar-refractivity contribution in [3.63, 3.8) is 0 Å². The summed E-state index contributed by atoms with van der Waals surface area (Å²) in [7, 11) is 0. The van der Waals surface area contributed by atoms with Gasteiger partial charge in [-0.15, -0.1) is 0 Å². The third-order valence-corrected chi connectivity index (χ3v) is 5.33. The smallest absolute Gasteiger partial charge is 0.254 e. The van der Waals surface area contributed by atoms with E-state index in [1.54, 1.807) is 23.1 Å².